The van der Waals surface area contributed by atoms with Gasteiger partial charge in [0.05, 0.1) is 12.9 Å². The molecule has 0 unspecified atom stereocenters. The Morgan fingerprint density at radius 3 is 2.42 bits per heavy atom. The second-order valence-electron chi connectivity index (χ2n) is 8.72. The van der Waals surface area contributed by atoms with Crippen LogP contribution >= 0.6 is 11.8 Å². The number of unbranched alkanes of at least 4 members (excludes halogenated alkanes) is 1. The molecule has 0 aliphatic carbocycles. The van der Waals surface area contributed by atoms with Gasteiger partial charge in [-0.15, -0.1) is 10.2 Å². The average molecular weight is 530 g/mol. The maximum atomic E-state index is 12.9. The van der Waals surface area contributed by atoms with E-state index in [4.69, 9.17) is 4.74 Å². The van der Waals surface area contributed by atoms with E-state index in [1.807, 2.05) is 85.1 Å². The van der Waals surface area contributed by atoms with E-state index >= 15 is 0 Å². The summed E-state index contributed by atoms with van der Waals surface area (Å²) in [6.07, 6.45) is 2.27. The first-order valence-electron chi connectivity index (χ1n) is 12.5. The van der Waals surface area contributed by atoms with E-state index in [2.05, 4.69) is 20.8 Å². The fraction of sp³-hybridized carbons (Fsp3) is 0.241. The van der Waals surface area contributed by atoms with Crippen LogP contribution < -0.4 is 15.4 Å². The Balaban J connectivity index is 1.49. The quantitative estimate of drug-likeness (QED) is 0.228. The number of ether oxygens (including phenoxy) is 1. The van der Waals surface area contributed by atoms with Gasteiger partial charge in [-0.1, -0.05) is 49.4 Å². The number of anilines is 2. The fourth-order valence-corrected chi connectivity index (χ4v) is 4.56. The zero-order chi connectivity index (χ0) is 26.9. The molecule has 4 aromatic rings. The topological polar surface area (TPSA) is 98.1 Å². The third-order valence-electron chi connectivity index (χ3n) is 5.88. The lowest BCUT2D eigenvalue weighted by Gasteiger charge is -2.12. The lowest BCUT2D eigenvalue weighted by atomic mass is 10.1. The largest absolute Gasteiger partial charge is 0.497 e. The molecule has 0 spiro atoms. The molecule has 0 saturated carbocycles. The molecule has 4 rings (SSSR count). The third-order valence-corrected chi connectivity index (χ3v) is 6.81. The Bertz CT molecular complexity index is 1390. The summed E-state index contributed by atoms with van der Waals surface area (Å²) in [5, 5.41) is 15.3. The van der Waals surface area contributed by atoms with Gasteiger partial charge >= 0.3 is 0 Å². The molecule has 0 aliphatic heterocycles. The van der Waals surface area contributed by atoms with Gasteiger partial charge in [0, 0.05) is 29.0 Å². The standard InChI is InChI=1S/C29H31N5O3S/c1-4-5-11-26(35)30-22-15-12-20(2)25(18-22)31-27(36)19-38-29-33-32-28(21-13-16-24(37-3)17-14-21)34(29)23-9-7-6-8-10-23/h6-10,12-18H,4-5,11,19H2,1-3H3,(H,30,35)(H,31,36). The van der Waals surface area contributed by atoms with Crippen LogP contribution in [0.1, 0.15) is 31.7 Å². The zero-order valence-electron chi connectivity index (χ0n) is 21.7. The number of carbonyl (C=O) groups is 2. The van der Waals surface area contributed by atoms with Crippen molar-refractivity contribution in [3.8, 4) is 22.8 Å². The molecular formula is C29H31N5O3S. The van der Waals surface area contributed by atoms with Gasteiger partial charge in [-0.2, -0.15) is 0 Å². The van der Waals surface area contributed by atoms with Crippen molar-refractivity contribution in [2.75, 3.05) is 23.5 Å². The summed E-state index contributed by atoms with van der Waals surface area (Å²) < 4.78 is 7.22. The van der Waals surface area contributed by atoms with E-state index in [1.54, 1.807) is 13.2 Å². The molecule has 1 heterocycles. The van der Waals surface area contributed by atoms with Crippen LogP contribution in [-0.4, -0.2) is 39.4 Å². The van der Waals surface area contributed by atoms with Crippen molar-refractivity contribution < 1.29 is 14.3 Å². The van der Waals surface area contributed by atoms with Crippen LogP contribution in [0.25, 0.3) is 17.1 Å². The van der Waals surface area contributed by atoms with Crippen molar-refractivity contribution in [1.29, 1.82) is 0 Å². The van der Waals surface area contributed by atoms with Crippen LogP contribution in [-0.2, 0) is 9.59 Å². The molecule has 2 amide bonds. The number of hydrogen-bond donors (Lipinski definition) is 2. The minimum Gasteiger partial charge on any atom is -0.497 e. The number of rotatable bonds is 11. The highest BCUT2D eigenvalue weighted by Crippen LogP contribution is 2.29. The molecule has 8 nitrogen and oxygen atoms in total. The second-order valence-corrected chi connectivity index (χ2v) is 9.67. The second kappa shape index (κ2) is 12.9. The van der Waals surface area contributed by atoms with E-state index < -0.39 is 0 Å². The van der Waals surface area contributed by atoms with Crippen molar-refractivity contribution in [3.63, 3.8) is 0 Å². The first-order chi connectivity index (χ1) is 18.5. The smallest absolute Gasteiger partial charge is 0.234 e. The van der Waals surface area contributed by atoms with Crippen LogP contribution in [0.15, 0.2) is 78.0 Å². The number of carbonyl (C=O) groups excluding carboxylic acids is 2. The van der Waals surface area contributed by atoms with Crippen LogP contribution in [0, 0.1) is 6.92 Å². The fourth-order valence-electron chi connectivity index (χ4n) is 3.81. The lowest BCUT2D eigenvalue weighted by Crippen LogP contribution is -2.16. The Labute approximate surface area is 226 Å². The predicted molar refractivity (Wildman–Crippen MR) is 152 cm³/mol. The Morgan fingerprint density at radius 1 is 0.947 bits per heavy atom. The summed E-state index contributed by atoms with van der Waals surface area (Å²) in [5.74, 6) is 1.35. The average Bonchev–Trinajstić information content (AvgIpc) is 3.37. The van der Waals surface area contributed by atoms with Crippen molar-refractivity contribution in [2.45, 2.75) is 38.3 Å². The van der Waals surface area contributed by atoms with Crippen molar-refractivity contribution in [3.05, 3.63) is 78.4 Å². The molecule has 0 atom stereocenters. The summed E-state index contributed by atoms with van der Waals surface area (Å²) in [4.78, 5) is 25.0. The third kappa shape index (κ3) is 6.80. The van der Waals surface area contributed by atoms with Gasteiger partial charge in [-0.25, -0.2) is 0 Å². The summed E-state index contributed by atoms with van der Waals surface area (Å²) in [6.45, 7) is 3.96. The number of hydrogen-bond acceptors (Lipinski definition) is 6. The van der Waals surface area contributed by atoms with E-state index in [0.717, 1.165) is 35.4 Å². The highest BCUT2D eigenvalue weighted by molar-refractivity contribution is 7.99. The number of methoxy groups -OCH3 is 1. The molecule has 196 valence electrons. The summed E-state index contributed by atoms with van der Waals surface area (Å²) in [7, 11) is 1.63. The number of amides is 2. The van der Waals surface area contributed by atoms with E-state index in [1.165, 1.54) is 11.8 Å². The van der Waals surface area contributed by atoms with Crippen molar-refractivity contribution in [2.24, 2.45) is 0 Å². The van der Waals surface area contributed by atoms with Crippen LogP contribution in [0.2, 0.25) is 0 Å². The number of nitrogens with one attached hydrogen (secondary N) is 2. The van der Waals surface area contributed by atoms with Gasteiger partial charge in [-0.05, 0) is 67.4 Å². The van der Waals surface area contributed by atoms with E-state index in [0.29, 0.717) is 28.8 Å². The Kier molecular flexibility index (Phi) is 9.16. The van der Waals surface area contributed by atoms with Crippen LogP contribution in [0.5, 0.6) is 5.75 Å². The first-order valence-corrected chi connectivity index (χ1v) is 13.5. The SMILES string of the molecule is CCCCC(=O)Nc1ccc(C)c(NC(=O)CSc2nnc(-c3ccc(OC)cc3)n2-c2ccccc2)c1. The first kappa shape index (κ1) is 26.9. The summed E-state index contributed by atoms with van der Waals surface area (Å²) in [6, 6.07) is 22.9. The molecule has 38 heavy (non-hydrogen) atoms. The lowest BCUT2D eigenvalue weighted by molar-refractivity contribution is -0.116. The number of para-hydroxylation sites is 1. The maximum absolute atomic E-state index is 12.9. The van der Waals surface area contributed by atoms with Gasteiger partial charge in [-0.3, -0.25) is 14.2 Å². The molecule has 3 aromatic carbocycles. The Hall–Kier alpha value is -4.11. The van der Waals surface area contributed by atoms with Crippen molar-refractivity contribution in [1.82, 2.24) is 14.8 Å². The molecule has 0 fully saturated rings. The van der Waals surface area contributed by atoms with Gasteiger partial charge in [0.25, 0.3) is 0 Å². The highest BCUT2D eigenvalue weighted by atomic mass is 32.2. The van der Waals surface area contributed by atoms with Crippen LogP contribution in [0.3, 0.4) is 0 Å². The molecule has 0 bridgehead atoms. The Morgan fingerprint density at radius 2 is 1.71 bits per heavy atom. The maximum Gasteiger partial charge on any atom is 0.234 e. The van der Waals surface area contributed by atoms with E-state index in [9.17, 15) is 9.59 Å². The number of thioether (sulfide) groups is 1. The number of benzene rings is 3. The minimum atomic E-state index is -0.179. The molecule has 0 radical (unpaired) electrons. The summed E-state index contributed by atoms with van der Waals surface area (Å²) >= 11 is 1.31. The van der Waals surface area contributed by atoms with E-state index in [-0.39, 0.29) is 17.6 Å². The molecule has 2 N–H and O–H groups in total. The highest BCUT2D eigenvalue weighted by Gasteiger charge is 2.18. The minimum absolute atomic E-state index is 0.0311. The number of nitrogens with zero attached hydrogens (tertiary/aromatic N) is 3. The van der Waals surface area contributed by atoms with Crippen molar-refractivity contribution >= 4 is 35.0 Å². The molecule has 9 heteroatoms. The summed E-state index contributed by atoms with van der Waals surface area (Å²) in [5.41, 5.74) is 4.00. The van der Waals surface area contributed by atoms with Gasteiger partial charge in [0.2, 0.25) is 11.8 Å². The molecular weight excluding hydrogens is 498 g/mol. The van der Waals surface area contributed by atoms with Gasteiger partial charge in [0.15, 0.2) is 11.0 Å². The number of aryl methyl sites for hydroxylation is 1. The molecule has 0 saturated heterocycles. The molecule has 0 aliphatic rings. The normalized spacial score (nSPS) is 10.7. The van der Waals surface area contributed by atoms with Gasteiger partial charge in [0.1, 0.15) is 5.75 Å². The van der Waals surface area contributed by atoms with Crippen LogP contribution in [0.4, 0.5) is 11.4 Å². The monoisotopic (exact) mass is 529 g/mol. The molecule has 1 aromatic heterocycles. The zero-order valence-corrected chi connectivity index (χ0v) is 22.5. The predicted octanol–water partition coefficient (Wildman–Crippen LogP) is 6.11. The number of aromatic nitrogens is 3. The van der Waals surface area contributed by atoms with Gasteiger partial charge < -0.3 is 15.4 Å².